The lowest BCUT2D eigenvalue weighted by Gasteiger charge is -2.09. The number of carbonyl (C=O) groups excluding carboxylic acids is 1. The van der Waals surface area contributed by atoms with E-state index in [0.717, 1.165) is 23.5 Å². The van der Waals surface area contributed by atoms with Gasteiger partial charge in [-0.1, -0.05) is 19.4 Å². The molecule has 0 bridgehead atoms. The number of hydrogen-bond acceptors (Lipinski definition) is 3. The Hall–Kier alpha value is -2.17. The molecule has 2 aromatic rings. The molecule has 1 saturated carbocycles. The molecule has 0 aliphatic heterocycles. The van der Waals surface area contributed by atoms with Crippen molar-refractivity contribution in [2.45, 2.75) is 32.2 Å². The lowest BCUT2D eigenvalue weighted by molar-refractivity contribution is -0.111. The van der Waals surface area contributed by atoms with Gasteiger partial charge in [0.1, 0.15) is 0 Å². The molecule has 1 N–H and O–H groups in total. The predicted molar refractivity (Wildman–Crippen MR) is 78.3 cm³/mol. The lowest BCUT2D eigenvalue weighted by Crippen LogP contribution is -2.10. The van der Waals surface area contributed by atoms with E-state index in [9.17, 15) is 4.79 Å². The first kappa shape index (κ1) is 12.8. The molecule has 1 aliphatic rings. The maximum absolute atomic E-state index is 11.3. The summed E-state index contributed by atoms with van der Waals surface area (Å²) < 4.78 is 1.98. The summed E-state index contributed by atoms with van der Waals surface area (Å²) in [7, 11) is 0. The molecule has 1 amide bonds. The van der Waals surface area contributed by atoms with Crippen molar-refractivity contribution in [2.75, 3.05) is 5.32 Å². The number of anilines is 1. The van der Waals surface area contributed by atoms with Crippen LogP contribution in [0.15, 0.2) is 31.1 Å². The molecular weight excluding hydrogens is 252 g/mol. The van der Waals surface area contributed by atoms with Crippen LogP contribution in [0.1, 0.15) is 25.7 Å². The fraction of sp³-hybridized carbons (Fsp3) is 0.400. The first-order chi connectivity index (χ1) is 9.76. The molecule has 0 spiro atoms. The van der Waals surface area contributed by atoms with E-state index in [1.807, 2.05) is 10.7 Å². The second-order valence-electron chi connectivity index (χ2n) is 5.31. The first-order valence-electron chi connectivity index (χ1n) is 7.01. The van der Waals surface area contributed by atoms with E-state index < -0.39 is 0 Å². The Balaban J connectivity index is 1.82. The third-order valence-corrected chi connectivity index (χ3v) is 3.83. The van der Waals surface area contributed by atoms with Crippen molar-refractivity contribution in [3.05, 3.63) is 31.1 Å². The van der Waals surface area contributed by atoms with E-state index in [0.29, 0.717) is 5.69 Å². The van der Waals surface area contributed by atoms with Crippen LogP contribution in [0.25, 0.3) is 11.0 Å². The van der Waals surface area contributed by atoms with Crippen molar-refractivity contribution in [1.82, 2.24) is 14.8 Å². The number of fused-ring (bicyclic) bond motifs is 1. The molecule has 20 heavy (non-hydrogen) atoms. The van der Waals surface area contributed by atoms with Gasteiger partial charge in [-0.05, 0) is 30.9 Å². The first-order valence-corrected chi connectivity index (χ1v) is 7.01. The van der Waals surface area contributed by atoms with Crippen molar-refractivity contribution >= 4 is 22.6 Å². The summed E-state index contributed by atoms with van der Waals surface area (Å²) in [6, 6.07) is 1.89. The van der Waals surface area contributed by atoms with Gasteiger partial charge in [0.25, 0.3) is 0 Å². The van der Waals surface area contributed by atoms with Gasteiger partial charge in [-0.3, -0.25) is 4.79 Å². The zero-order chi connectivity index (χ0) is 13.9. The standard InChI is InChI=1S/C15H18N4O/c1-2-14(20)18-13-7-12-8-17-19(15(12)16-9-13)10-11-5-3-4-6-11/h2,7-9,11H,1,3-6,10H2,(H,18,20). The summed E-state index contributed by atoms with van der Waals surface area (Å²) in [4.78, 5) is 15.7. The summed E-state index contributed by atoms with van der Waals surface area (Å²) in [6.45, 7) is 4.37. The van der Waals surface area contributed by atoms with Gasteiger partial charge >= 0.3 is 0 Å². The maximum atomic E-state index is 11.3. The summed E-state index contributed by atoms with van der Waals surface area (Å²) in [5, 5.41) is 8.08. The maximum Gasteiger partial charge on any atom is 0.247 e. The number of nitrogens with zero attached hydrogens (tertiary/aromatic N) is 3. The molecule has 2 heterocycles. The smallest absolute Gasteiger partial charge is 0.247 e. The third kappa shape index (κ3) is 2.57. The van der Waals surface area contributed by atoms with E-state index >= 15 is 0 Å². The van der Waals surface area contributed by atoms with Gasteiger partial charge in [0, 0.05) is 11.9 Å². The topological polar surface area (TPSA) is 59.8 Å². The van der Waals surface area contributed by atoms with Crippen LogP contribution in [-0.4, -0.2) is 20.7 Å². The third-order valence-electron chi connectivity index (χ3n) is 3.83. The number of aromatic nitrogens is 3. The van der Waals surface area contributed by atoms with Crippen LogP contribution in [0.2, 0.25) is 0 Å². The number of pyridine rings is 1. The minimum Gasteiger partial charge on any atom is -0.321 e. The van der Waals surface area contributed by atoms with Crippen LogP contribution in [0.3, 0.4) is 0 Å². The highest BCUT2D eigenvalue weighted by Crippen LogP contribution is 2.27. The van der Waals surface area contributed by atoms with E-state index in [1.165, 1.54) is 31.8 Å². The van der Waals surface area contributed by atoms with Crippen molar-refractivity contribution < 1.29 is 4.79 Å². The number of amides is 1. The fourth-order valence-corrected chi connectivity index (χ4v) is 2.80. The summed E-state index contributed by atoms with van der Waals surface area (Å²) in [6.07, 6.45) is 9.94. The van der Waals surface area contributed by atoms with Crippen molar-refractivity contribution in [2.24, 2.45) is 5.92 Å². The number of nitrogens with one attached hydrogen (secondary N) is 1. The van der Waals surface area contributed by atoms with Crippen LogP contribution < -0.4 is 5.32 Å². The lowest BCUT2D eigenvalue weighted by atomic mass is 10.1. The highest BCUT2D eigenvalue weighted by Gasteiger charge is 2.17. The van der Waals surface area contributed by atoms with Crippen molar-refractivity contribution in [3.8, 4) is 0 Å². The zero-order valence-corrected chi connectivity index (χ0v) is 11.4. The molecular formula is C15H18N4O. The van der Waals surface area contributed by atoms with Gasteiger partial charge in [0.2, 0.25) is 5.91 Å². The Labute approximate surface area is 117 Å². The average Bonchev–Trinajstić information content (AvgIpc) is 3.09. The van der Waals surface area contributed by atoms with Crippen LogP contribution in [0, 0.1) is 5.92 Å². The Kier molecular flexibility index (Phi) is 3.50. The quantitative estimate of drug-likeness (QED) is 0.869. The highest BCUT2D eigenvalue weighted by molar-refractivity contribution is 5.99. The summed E-state index contributed by atoms with van der Waals surface area (Å²) in [5.74, 6) is 0.490. The van der Waals surface area contributed by atoms with Crippen LogP contribution in [-0.2, 0) is 11.3 Å². The zero-order valence-electron chi connectivity index (χ0n) is 11.4. The van der Waals surface area contributed by atoms with Crippen LogP contribution in [0.4, 0.5) is 5.69 Å². The Bertz CT molecular complexity index is 640. The Morgan fingerprint density at radius 3 is 3.00 bits per heavy atom. The molecule has 0 atom stereocenters. The normalized spacial score (nSPS) is 15.6. The highest BCUT2D eigenvalue weighted by atomic mass is 16.1. The van der Waals surface area contributed by atoms with E-state index in [1.54, 1.807) is 12.4 Å². The van der Waals surface area contributed by atoms with Gasteiger partial charge in [0.15, 0.2) is 5.65 Å². The van der Waals surface area contributed by atoms with Gasteiger partial charge in [-0.25, -0.2) is 9.67 Å². The largest absolute Gasteiger partial charge is 0.321 e. The average molecular weight is 270 g/mol. The molecule has 0 radical (unpaired) electrons. The molecule has 0 saturated heterocycles. The Morgan fingerprint density at radius 1 is 1.45 bits per heavy atom. The van der Waals surface area contributed by atoms with Gasteiger partial charge in [-0.15, -0.1) is 0 Å². The van der Waals surface area contributed by atoms with Crippen LogP contribution in [0.5, 0.6) is 0 Å². The molecule has 2 aromatic heterocycles. The number of rotatable bonds is 4. The molecule has 3 rings (SSSR count). The van der Waals surface area contributed by atoms with E-state index in [2.05, 4.69) is 22.0 Å². The SMILES string of the molecule is C=CC(=O)Nc1cnc2c(cnn2CC2CCCC2)c1. The van der Waals surface area contributed by atoms with Gasteiger partial charge in [0.05, 0.1) is 18.1 Å². The van der Waals surface area contributed by atoms with Gasteiger partial charge in [-0.2, -0.15) is 5.10 Å². The summed E-state index contributed by atoms with van der Waals surface area (Å²) in [5.41, 5.74) is 1.55. The van der Waals surface area contributed by atoms with E-state index in [-0.39, 0.29) is 5.91 Å². The monoisotopic (exact) mass is 270 g/mol. The molecule has 0 unspecified atom stereocenters. The molecule has 1 aliphatic carbocycles. The van der Waals surface area contributed by atoms with E-state index in [4.69, 9.17) is 0 Å². The van der Waals surface area contributed by atoms with Gasteiger partial charge < -0.3 is 5.32 Å². The Morgan fingerprint density at radius 2 is 2.25 bits per heavy atom. The number of carbonyl (C=O) groups is 1. The minimum atomic E-state index is -0.232. The molecule has 1 fully saturated rings. The summed E-state index contributed by atoms with van der Waals surface area (Å²) >= 11 is 0. The fourth-order valence-electron chi connectivity index (χ4n) is 2.80. The van der Waals surface area contributed by atoms with Crippen molar-refractivity contribution in [3.63, 3.8) is 0 Å². The second kappa shape index (κ2) is 5.45. The molecule has 0 aromatic carbocycles. The number of hydrogen-bond donors (Lipinski definition) is 1. The molecule has 5 nitrogen and oxygen atoms in total. The predicted octanol–water partition coefficient (Wildman–Crippen LogP) is 2.75. The molecule has 104 valence electrons. The van der Waals surface area contributed by atoms with Crippen LogP contribution >= 0.6 is 0 Å². The van der Waals surface area contributed by atoms with Crippen molar-refractivity contribution in [1.29, 1.82) is 0 Å². The minimum absolute atomic E-state index is 0.232. The second-order valence-corrected chi connectivity index (χ2v) is 5.31. The molecule has 5 heteroatoms.